The van der Waals surface area contributed by atoms with Gasteiger partial charge >= 0.3 is 0 Å². The first-order chi connectivity index (χ1) is 9.93. The predicted molar refractivity (Wildman–Crippen MR) is 79.1 cm³/mol. The van der Waals surface area contributed by atoms with Crippen LogP contribution in [0.4, 0.5) is 0 Å². The maximum Gasteiger partial charge on any atom is 0.244 e. The van der Waals surface area contributed by atoms with E-state index in [1.165, 1.54) is 29.9 Å². The van der Waals surface area contributed by atoms with Gasteiger partial charge < -0.3 is 9.84 Å². The van der Waals surface area contributed by atoms with Crippen LogP contribution in [0.25, 0.3) is 0 Å². The van der Waals surface area contributed by atoms with E-state index in [4.69, 9.17) is 9.84 Å². The number of nitrogens with zero attached hydrogens (tertiary/aromatic N) is 2. The average molecular weight is 312 g/mol. The summed E-state index contributed by atoms with van der Waals surface area (Å²) in [5.41, 5.74) is 0.445. The van der Waals surface area contributed by atoms with Crippen LogP contribution < -0.4 is 0 Å². The zero-order valence-corrected chi connectivity index (χ0v) is 13.2. The zero-order chi connectivity index (χ0) is 15.9. The van der Waals surface area contributed by atoms with Gasteiger partial charge in [0.25, 0.3) is 0 Å². The third kappa shape index (κ3) is 4.79. The molecule has 0 unspecified atom stereocenters. The maximum absolute atomic E-state index is 12.6. The average Bonchev–Trinajstić information content (AvgIpc) is 2.45. The first-order valence-electron chi connectivity index (χ1n) is 6.49. The number of rotatable bonds is 6. The Bertz CT molecular complexity index is 617. The molecule has 0 aromatic carbocycles. The lowest BCUT2D eigenvalue weighted by molar-refractivity contribution is 0.171. The Hall–Kier alpha value is -1.46. The van der Waals surface area contributed by atoms with Crippen molar-refractivity contribution in [1.29, 1.82) is 0 Å². The second kappa shape index (κ2) is 8.10. The lowest BCUT2D eigenvalue weighted by Gasteiger charge is -2.25. The van der Waals surface area contributed by atoms with E-state index in [0.29, 0.717) is 12.2 Å². The molecule has 0 fully saturated rings. The third-order valence-electron chi connectivity index (χ3n) is 2.72. The molecule has 1 aromatic heterocycles. The van der Waals surface area contributed by atoms with Crippen LogP contribution >= 0.6 is 0 Å². The molecule has 0 aliphatic rings. The summed E-state index contributed by atoms with van der Waals surface area (Å²) in [6, 6.07) is 1.25. The summed E-state index contributed by atoms with van der Waals surface area (Å²) in [6.07, 6.45) is 2.75. The van der Waals surface area contributed by atoms with Gasteiger partial charge in [0.2, 0.25) is 10.0 Å². The van der Waals surface area contributed by atoms with Crippen LogP contribution in [-0.4, -0.2) is 55.7 Å². The number of aromatic nitrogens is 1. The fourth-order valence-electron chi connectivity index (χ4n) is 1.74. The summed E-state index contributed by atoms with van der Waals surface area (Å²) in [5, 5.41) is 8.68. The zero-order valence-electron chi connectivity index (χ0n) is 12.4. The number of methoxy groups -OCH3 is 1. The van der Waals surface area contributed by atoms with E-state index < -0.39 is 10.0 Å². The summed E-state index contributed by atoms with van der Waals surface area (Å²) < 4.78 is 31.6. The number of sulfonamides is 1. The van der Waals surface area contributed by atoms with Crippen LogP contribution in [0.3, 0.4) is 0 Å². The third-order valence-corrected chi connectivity index (χ3v) is 4.76. The minimum atomic E-state index is -3.66. The van der Waals surface area contributed by atoms with Crippen molar-refractivity contribution in [3.8, 4) is 11.8 Å². The number of ether oxygens (including phenoxy) is 1. The van der Waals surface area contributed by atoms with Crippen molar-refractivity contribution < 1.29 is 18.3 Å². The molecule has 1 rings (SSSR count). The summed E-state index contributed by atoms with van der Waals surface area (Å²) in [7, 11) is -2.13. The smallest absolute Gasteiger partial charge is 0.244 e. The Morgan fingerprint density at radius 2 is 2.14 bits per heavy atom. The number of aliphatic hydroxyl groups excluding tert-OH is 1. The van der Waals surface area contributed by atoms with Gasteiger partial charge in [-0.25, -0.2) is 8.42 Å². The van der Waals surface area contributed by atoms with Gasteiger partial charge in [-0.3, -0.25) is 4.98 Å². The largest absolute Gasteiger partial charge is 0.384 e. The van der Waals surface area contributed by atoms with E-state index >= 15 is 0 Å². The molecular formula is C14H20N2O4S. The van der Waals surface area contributed by atoms with E-state index in [1.807, 2.05) is 0 Å². The Balaban J connectivity index is 3.15. The second-order valence-electron chi connectivity index (χ2n) is 4.57. The molecule has 0 radical (unpaired) electrons. The fraction of sp³-hybridized carbons (Fsp3) is 0.500. The van der Waals surface area contributed by atoms with Crippen LogP contribution in [-0.2, 0) is 14.8 Å². The Kier molecular flexibility index (Phi) is 6.78. The molecule has 7 heteroatoms. The van der Waals surface area contributed by atoms with Crippen molar-refractivity contribution in [3.63, 3.8) is 0 Å². The number of hydrogen-bond acceptors (Lipinski definition) is 5. The minimum absolute atomic E-state index is 0.0806. The molecule has 0 bridgehead atoms. The summed E-state index contributed by atoms with van der Waals surface area (Å²) >= 11 is 0. The minimum Gasteiger partial charge on any atom is -0.384 e. The Morgan fingerprint density at radius 1 is 1.43 bits per heavy atom. The van der Waals surface area contributed by atoms with Crippen LogP contribution in [0, 0.1) is 11.8 Å². The van der Waals surface area contributed by atoms with Crippen LogP contribution in [0.5, 0.6) is 0 Å². The van der Waals surface area contributed by atoms with Gasteiger partial charge in [0.15, 0.2) is 0 Å². The molecule has 0 amide bonds. The number of aliphatic hydroxyl groups is 1. The maximum atomic E-state index is 12.6. The highest BCUT2D eigenvalue weighted by Crippen LogP contribution is 2.18. The van der Waals surface area contributed by atoms with Crippen molar-refractivity contribution in [2.45, 2.75) is 24.8 Å². The Labute approximate surface area is 125 Å². The van der Waals surface area contributed by atoms with Crippen molar-refractivity contribution >= 4 is 10.0 Å². The van der Waals surface area contributed by atoms with E-state index in [2.05, 4.69) is 16.8 Å². The standard InChI is InChI=1S/C14H20N2O4S/c1-12(2)16(6-8-20-3)21(18,19)14-9-13(5-4-7-17)10-15-11-14/h9-12,17H,6-8H2,1-3H3. The van der Waals surface area contributed by atoms with Gasteiger partial charge in [-0.2, -0.15) is 4.31 Å². The molecular weight excluding hydrogens is 292 g/mol. The molecule has 0 saturated heterocycles. The van der Waals surface area contributed by atoms with Gasteiger partial charge in [0.05, 0.1) is 6.61 Å². The molecule has 0 atom stereocenters. The molecule has 116 valence electrons. The van der Waals surface area contributed by atoms with Crippen molar-refractivity contribution in [2.75, 3.05) is 26.9 Å². The normalized spacial score (nSPS) is 11.5. The Morgan fingerprint density at radius 3 is 2.71 bits per heavy atom. The fourth-order valence-corrected chi connectivity index (χ4v) is 3.35. The molecule has 1 N–H and O–H groups in total. The second-order valence-corrected chi connectivity index (χ2v) is 6.46. The first kappa shape index (κ1) is 17.6. The molecule has 0 aliphatic heterocycles. The van der Waals surface area contributed by atoms with Gasteiger partial charge in [0, 0.05) is 37.7 Å². The van der Waals surface area contributed by atoms with Gasteiger partial charge in [-0.1, -0.05) is 11.8 Å². The van der Waals surface area contributed by atoms with E-state index in [0.717, 1.165) is 0 Å². The molecule has 1 heterocycles. The number of hydrogen-bond donors (Lipinski definition) is 1. The molecule has 0 spiro atoms. The van der Waals surface area contributed by atoms with Crippen molar-refractivity contribution in [1.82, 2.24) is 9.29 Å². The SMILES string of the molecule is COCCN(C(C)C)S(=O)(=O)c1cncc(C#CCO)c1. The van der Waals surface area contributed by atoms with E-state index in [9.17, 15) is 8.42 Å². The lowest BCUT2D eigenvalue weighted by atomic mass is 10.3. The monoisotopic (exact) mass is 312 g/mol. The highest BCUT2D eigenvalue weighted by Gasteiger charge is 2.27. The molecule has 0 saturated carbocycles. The van der Waals surface area contributed by atoms with Crippen LogP contribution in [0.1, 0.15) is 19.4 Å². The van der Waals surface area contributed by atoms with E-state index in [-0.39, 0.29) is 24.1 Å². The van der Waals surface area contributed by atoms with Crippen molar-refractivity contribution in [3.05, 3.63) is 24.0 Å². The molecule has 1 aromatic rings. The highest BCUT2D eigenvalue weighted by molar-refractivity contribution is 7.89. The van der Waals surface area contributed by atoms with Crippen molar-refractivity contribution in [2.24, 2.45) is 0 Å². The molecule has 0 aliphatic carbocycles. The molecule has 21 heavy (non-hydrogen) atoms. The van der Waals surface area contributed by atoms with Crippen LogP contribution in [0.15, 0.2) is 23.4 Å². The lowest BCUT2D eigenvalue weighted by Crippen LogP contribution is -2.39. The summed E-state index contributed by atoms with van der Waals surface area (Å²) in [4.78, 5) is 3.99. The number of pyridine rings is 1. The summed E-state index contributed by atoms with van der Waals surface area (Å²) in [6.45, 7) is 3.90. The highest BCUT2D eigenvalue weighted by atomic mass is 32.2. The van der Waals surface area contributed by atoms with Gasteiger partial charge in [0.1, 0.15) is 11.5 Å². The summed E-state index contributed by atoms with van der Waals surface area (Å²) in [5.74, 6) is 5.11. The van der Waals surface area contributed by atoms with Gasteiger partial charge in [-0.15, -0.1) is 0 Å². The topological polar surface area (TPSA) is 79.7 Å². The van der Waals surface area contributed by atoms with Crippen LogP contribution in [0.2, 0.25) is 0 Å². The van der Waals surface area contributed by atoms with Gasteiger partial charge in [-0.05, 0) is 19.9 Å². The first-order valence-corrected chi connectivity index (χ1v) is 7.93. The van der Waals surface area contributed by atoms with E-state index in [1.54, 1.807) is 13.8 Å². The predicted octanol–water partition coefficient (Wildman–Crippen LogP) is 0.471. The molecule has 6 nitrogen and oxygen atoms in total. The quantitative estimate of drug-likeness (QED) is 0.773.